The van der Waals surface area contributed by atoms with E-state index in [1.807, 2.05) is 11.0 Å². The molecule has 4 heterocycles. The van der Waals surface area contributed by atoms with Crippen molar-refractivity contribution in [2.75, 3.05) is 13.1 Å². The third-order valence-corrected chi connectivity index (χ3v) is 7.93. The molecule has 1 aliphatic carbocycles. The third-order valence-electron chi connectivity index (χ3n) is 6.68. The molecule has 3 aromatic heterocycles. The van der Waals surface area contributed by atoms with Gasteiger partial charge >= 0.3 is 5.97 Å². The van der Waals surface area contributed by atoms with Gasteiger partial charge in [0.2, 0.25) is 0 Å². The SMILES string of the molecule is O=C(O)c1cc(C(=O)N2CCC3(CCCC3)CC2)n(Cc2cc(-c3ccc(Cl)s3)on2)n1. The van der Waals surface area contributed by atoms with Crippen molar-refractivity contribution in [1.29, 1.82) is 0 Å². The molecule has 168 valence electrons. The minimum atomic E-state index is -1.17. The number of carbonyl (C=O) groups is 2. The van der Waals surface area contributed by atoms with Gasteiger partial charge in [0.1, 0.15) is 11.4 Å². The number of likely N-dealkylation sites (tertiary alicyclic amines) is 1. The van der Waals surface area contributed by atoms with Crippen molar-refractivity contribution in [2.24, 2.45) is 5.41 Å². The number of halogens is 1. The molecular weight excluding hydrogens is 452 g/mol. The van der Waals surface area contributed by atoms with Crippen molar-refractivity contribution in [1.82, 2.24) is 19.8 Å². The second kappa shape index (κ2) is 8.37. The van der Waals surface area contributed by atoms with E-state index >= 15 is 0 Å². The summed E-state index contributed by atoms with van der Waals surface area (Å²) in [6.45, 7) is 1.52. The van der Waals surface area contributed by atoms with Crippen molar-refractivity contribution < 1.29 is 19.2 Å². The largest absolute Gasteiger partial charge is 0.476 e. The molecule has 1 saturated heterocycles. The van der Waals surface area contributed by atoms with Gasteiger partial charge in [-0.05, 0) is 43.2 Å². The lowest BCUT2D eigenvalue weighted by Gasteiger charge is -2.39. The molecule has 1 saturated carbocycles. The minimum Gasteiger partial charge on any atom is -0.476 e. The van der Waals surface area contributed by atoms with E-state index in [1.165, 1.54) is 47.8 Å². The summed E-state index contributed by atoms with van der Waals surface area (Å²) < 4.78 is 7.46. The van der Waals surface area contributed by atoms with Crippen LogP contribution in [0.3, 0.4) is 0 Å². The first-order valence-corrected chi connectivity index (χ1v) is 11.9. The summed E-state index contributed by atoms with van der Waals surface area (Å²) in [7, 11) is 0. The molecule has 0 atom stereocenters. The van der Waals surface area contributed by atoms with Crippen LogP contribution in [-0.4, -0.2) is 49.9 Å². The Bertz CT molecular complexity index is 1150. The maximum absolute atomic E-state index is 13.3. The highest BCUT2D eigenvalue weighted by molar-refractivity contribution is 7.19. The van der Waals surface area contributed by atoms with Gasteiger partial charge in [-0.3, -0.25) is 9.48 Å². The van der Waals surface area contributed by atoms with Gasteiger partial charge in [-0.1, -0.05) is 29.6 Å². The normalized spacial score (nSPS) is 17.8. The van der Waals surface area contributed by atoms with E-state index in [-0.39, 0.29) is 23.8 Å². The molecule has 0 unspecified atom stereocenters. The average molecular weight is 475 g/mol. The van der Waals surface area contributed by atoms with E-state index in [1.54, 1.807) is 12.1 Å². The van der Waals surface area contributed by atoms with E-state index in [9.17, 15) is 14.7 Å². The van der Waals surface area contributed by atoms with Gasteiger partial charge in [0.25, 0.3) is 5.91 Å². The van der Waals surface area contributed by atoms with Crippen LogP contribution < -0.4 is 0 Å². The molecule has 2 fully saturated rings. The van der Waals surface area contributed by atoms with Crippen LogP contribution in [0.5, 0.6) is 0 Å². The fraction of sp³-hybridized carbons (Fsp3) is 0.455. The van der Waals surface area contributed by atoms with Crippen LogP contribution in [-0.2, 0) is 6.54 Å². The average Bonchev–Trinajstić information content (AvgIpc) is 3.56. The molecule has 32 heavy (non-hydrogen) atoms. The van der Waals surface area contributed by atoms with E-state index in [4.69, 9.17) is 16.1 Å². The Hall–Kier alpha value is -2.65. The van der Waals surface area contributed by atoms with Gasteiger partial charge in [0.05, 0.1) is 15.8 Å². The third kappa shape index (κ3) is 4.06. The highest BCUT2D eigenvalue weighted by Crippen LogP contribution is 2.46. The van der Waals surface area contributed by atoms with Gasteiger partial charge in [-0.25, -0.2) is 4.79 Å². The van der Waals surface area contributed by atoms with Crippen LogP contribution in [0.2, 0.25) is 4.34 Å². The number of carboxylic acids is 1. The molecule has 1 spiro atoms. The number of carbonyl (C=O) groups excluding carboxylic acids is 1. The number of aromatic carboxylic acids is 1. The first-order chi connectivity index (χ1) is 15.4. The molecule has 3 aromatic rings. The van der Waals surface area contributed by atoms with E-state index in [0.29, 0.717) is 34.3 Å². The molecule has 1 amide bonds. The Morgan fingerprint density at radius 1 is 1.16 bits per heavy atom. The van der Waals surface area contributed by atoms with Crippen LogP contribution in [0, 0.1) is 5.41 Å². The van der Waals surface area contributed by atoms with Gasteiger partial charge in [-0.2, -0.15) is 5.10 Å². The second-order valence-electron chi connectivity index (χ2n) is 8.66. The van der Waals surface area contributed by atoms with Gasteiger partial charge < -0.3 is 14.5 Å². The maximum atomic E-state index is 13.3. The highest BCUT2D eigenvalue weighted by Gasteiger charge is 2.38. The smallest absolute Gasteiger partial charge is 0.356 e. The number of hydrogen-bond acceptors (Lipinski definition) is 6. The standard InChI is InChI=1S/C22H23ClN4O4S/c23-19-4-3-18(32-19)17-11-14(25-31-17)13-27-16(12-15(24-27)21(29)30)20(28)26-9-7-22(8-10-26)5-1-2-6-22/h3-4,11-12H,1-2,5-10,13H2,(H,29,30). The van der Waals surface area contributed by atoms with Crippen molar-refractivity contribution >= 4 is 34.8 Å². The van der Waals surface area contributed by atoms with Gasteiger partial charge in [-0.15, -0.1) is 11.3 Å². The topological polar surface area (TPSA) is 101 Å². The van der Waals surface area contributed by atoms with Crippen LogP contribution >= 0.6 is 22.9 Å². The van der Waals surface area contributed by atoms with Crippen molar-refractivity contribution in [2.45, 2.75) is 45.1 Å². The summed E-state index contributed by atoms with van der Waals surface area (Å²) in [4.78, 5) is 27.5. The zero-order valence-electron chi connectivity index (χ0n) is 17.4. The van der Waals surface area contributed by atoms with Gasteiger partial charge in [0.15, 0.2) is 11.5 Å². The Morgan fingerprint density at radius 3 is 2.56 bits per heavy atom. The highest BCUT2D eigenvalue weighted by atomic mass is 35.5. The zero-order chi connectivity index (χ0) is 22.3. The van der Waals surface area contributed by atoms with E-state index in [0.717, 1.165) is 17.7 Å². The summed E-state index contributed by atoms with van der Waals surface area (Å²) in [6, 6.07) is 6.73. The van der Waals surface area contributed by atoms with Crippen molar-refractivity contribution in [3.63, 3.8) is 0 Å². The number of hydrogen-bond donors (Lipinski definition) is 1. The molecule has 0 bridgehead atoms. The van der Waals surface area contributed by atoms with Crippen LogP contribution in [0.4, 0.5) is 0 Å². The Labute approximate surface area is 193 Å². The first-order valence-electron chi connectivity index (χ1n) is 10.7. The predicted molar refractivity (Wildman–Crippen MR) is 119 cm³/mol. The van der Waals surface area contributed by atoms with Gasteiger partial charge in [0, 0.05) is 25.2 Å². The molecule has 5 rings (SSSR count). The molecule has 2 aliphatic rings. The fourth-order valence-corrected chi connectivity index (χ4v) is 5.88. The van der Waals surface area contributed by atoms with Crippen LogP contribution in [0.25, 0.3) is 10.6 Å². The molecule has 8 nitrogen and oxygen atoms in total. The number of thiophene rings is 1. The Kier molecular flexibility index (Phi) is 5.54. The fourth-order valence-electron chi connectivity index (χ4n) is 4.89. The minimum absolute atomic E-state index is 0.134. The second-order valence-corrected chi connectivity index (χ2v) is 10.4. The summed E-state index contributed by atoms with van der Waals surface area (Å²) in [5.41, 5.74) is 1.03. The first kappa shape index (κ1) is 21.2. The predicted octanol–water partition coefficient (Wildman–Crippen LogP) is 4.80. The maximum Gasteiger partial charge on any atom is 0.356 e. The molecule has 10 heteroatoms. The number of carboxylic acid groups (broad SMARTS) is 1. The summed E-state index contributed by atoms with van der Waals surface area (Å²) >= 11 is 7.37. The Morgan fingerprint density at radius 2 is 1.91 bits per heavy atom. The lowest BCUT2D eigenvalue weighted by molar-refractivity contribution is 0.0575. The lowest BCUT2D eigenvalue weighted by Crippen LogP contribution is -2.42. The zero-order valence-corrected chi connectivity index (χ0v) is 19.0. The summed E-state index contributed by atoms with van der Waals surface area (Å²) in [6.07, 6.45) is 7.07. The Balaban J connectivity index is 1.36. The lowest BCUT2D eigenvalue weighted by atomic mass is 9.77. The van der Waals surface area contributed by atoms with Crippen molar-refractivity contribution in [3.8, 4) is 10.6 Å². The van der Waals surface area contributed by atoms with E-state index < -0.39 is 5.97 Å². The molecule has 1 aliphatic heterocycles. The van der Waals surface area contributed by atoms with Crippen molar-refractivity contribution in [3.05, 3.63) is 45.7 Å². The number of nitrogens with zero attached hydrogens (tertiary/aromatic N) is 4. The monoisotopic (exact) mass is 474 g/mol. The number of piperidine rings is 1. The van der Waals surface area contributed by atoms with Crippen LogP contribution in [0.15, 0.2) is 28.8 Å². The quantitative estimate of drug-likeness (QED) is 0.570. The molecule has 1 N–H and O–H groups in total. The number of aromatic nitrogens is 3. The van der Waals surface area contributed by atoms with E-state index in [2.05, 4.69) is 10.3 Å². The summed E-state index contributed by atoms with van der Waals surface area (Å²) in [5.74, 6) is -0.796. The molecular formula is C22H23ClN4O4S. The number of amides is 1. The number of rotatable bonds is 5. The van der Waals surface area contributed by atoms with Crippen LogP contribution in [0.1, 0.15) is 65.2 Å². The summed E-state index contributed by atoms with van der Waals surface area (Å²) in [5, 5.41) is 17.6. The molecule has 0 aromatic carbocycles. The molecule has 0 radical (unpaired) electrons.